The highest BCUT2D eigenvalue weighted by atomic mass is 16.4. The Morgan fingerprint density at radius 1 is 0.806 bits per heavy atom. The Kier molecular flexibility index (Phi) is 4.64. The van der Waals surface area contributed by atoms with Crippen LogP contribution in [0, 0.1) is 13.8 Å². The predicted octanol–water partition coefficient (Wildman–Crippen LogP) is 6.62. The fraction of sp³-hybridized carbons (Fsp3) is 0.0769. The Balaban J connectivity index is 1.31. The SMILES string of the molecule is Cc1ccc(-c2ccc(C(=O)Nc3ccc(-c4nc5ccccc5o4)cc3)o2)cc1C. The molecule has 0 unspecified atom stereocenters. The summed E-state index contributed by atoms with van der Waals surface area (Å²) >= 11 is 0. The van der Waals surface area contributed by atoms with Gasteiger partial charge in [0.05, 0.1) is 0 Å². The van der Waals surface area contributed by atoms with E-state index in [1.54, 1.807) is 6.07 Å². The Morgan fingerprint density at radius 2 is 1.58 bits per heavy atom. The Labute approximate surface area is 179 Å². The van der Waals surface area contributed by atoms with E-state index in [1.165, 1.54) is 11.1 Å². The van der Waals surface area contributed by atoms with Gasteiger partial charge < -0.3 is 14.2 Å². The smallest absolute Gasteiger partial charge is 0.291 e. The van der Waals surface area contributed by atoms with Gasteiger partial charge in [0.1, 0.15) is 11.3 Å². The maximum Gasteiger partial charge on any atom is 0.291 e. The minimum absolute atomic E-state index is 0.260. The first-order chi connectivity index (χ1) is 15.1. The van der Waals surface area contributed by atoms with Crippen molar-refractivity contribution >= 4 is 22.7 Å². The van der Waals surface area contributed by atoms with Crippen LogP contribution in [0.4, 0.5) is 5.69 Å². The summed E-state index contributed by atoms with van der Waals surface area (Å²) in [6, 6.07) is 24.6. The summed E-state index contributed by atoms with van der Waals surface area (Å²) in [6.07, 6.45) is 0. The van der Waals surface area contributed by atoms with E-state index < -0.39 is 0 Å². The predicted molar refractivity (Wildman–Crippen MR) is 121 cm³/mol. The van der Waals surface area contributed by atoms with Gasteiger partial charge in [0.25, 0.3) is 5.91 Å². The highest BCUT2D eigenvalue weighted by Crippen LogP contribution is 2.27. The van der Waals surface area contributed by atoms with Crippen molar-refractivity contribution in [3.63, 3.8) is 0 Å². The van der Waals surface area contributed by atoms with Crippen molar-refractivity contribution in [3.8, 4) is 22.8 Å². The molecule has 0 aliphatic heterocycles. The van der Waals surface area contributed by atoms with Crippen LogP contribution in [0.1, 0.15) is 21.7 Å². The molecule has 0 saturated carbocycles. The minimum Gasteiger partial charge on any atom is -0.451 e. The molecule has 1 amide bonds. The minimum atomic E-state index is -0.301. The summed E-state index contributed by atoms with van der Waals surface area (Å²) < 4.78 is 11.6. The number of furan rings is 1. The zero-order valence-electron chi connectivity index (χ0n) is 17.2. The van der Waals surface area contributed by atoms with Crippen LogP contribution in [0.25, 0.3) is 33.9 Å². The highest BCUT2D eigenvalue weighted by Gasteiger charge is 2.14. The van der Waals surface area contributed by atoms with Gasteiger partial charge in [-0.25, -0.2) is 4.98 Å². The summed E-state index contributed by atoms with van der Waals surface area (Å²) in [7, 11) is 0. The van der Waals surface area contributed by atoms with Gasteiger partial charge in [0, 0.05) is 16.8 Å². The van der Waals surface area contributed by atoms with Crippen molar-refractivity contribution in [2.24, 2.45) is 0 Å². The molecule has 0 bridgehead atoms. The molecule has 0 atom stereocenters. The first-order valence-corrected chi connectivity index (χ1v) is 10.0. The number of aromatic nitrogens is 1. The van der Waals surface area contributed by atoms with E-state index >= 15 is 0 Å². The lowest BCUT2D eigenvalue weighted by Crippen LogP contribution is -2.10. The molecule has 3 aromatic carbocycles. The second-order valence-corrected chi connectivity index (χ2v) is 7.48. The molecule has 0 aliphatic rings. The molecule has 5 rings (SSSR count). The van der Waals surface area contributed by atoms with Crippen LogP contribution in [-0.4, -0.2) is 10.9 Å². The van der Waals surface area contributed by atoms with Gasteiger partial charge in [0.2, 0.25) is 5.89 Å². The average molecular weight is 408 g/mol. The molecular weight excluding hydrogens is 388 g/mol. The first-order valence-electron chi connectivity index (χ1n) is 10.0. The number of anilines is 1. The molecule has 0 aliphatic carbocycles. The molecule has 0 radical (unpaired) electrons. The first kappa shape index (κ1) is 18.9. The maximum absolute atomic E-state index is 12.6. The van der Waals surface area contributed by atoms with Crippen molar-refractivity contribution < 1.29 is 13.6 Å². The molecule has 2 heterocycles. The van der Waals surface area contributed by atoms with E-state index in [0.717, 1.165) is 22.2 Å². The van der Waals surface area contributed by atoms with Crippen molar-refractivity contribution in [1.82, 2.24) is 4.98 Å². The van der Waals surface area contributed by atoms with E-state index in [2.05, 4.69) is 30.2 Å². The molecule has 0 saturated heterocycles. The van der Waals surface area contributed by atoms with E-state index in [-0.39, 0.29) is 11.7 Å². The third-order valence-corrected chi connectivity index (χ3v) is 5.30. The number of para-hydroxylation sites is 2. The number of aryl methyl sites for hydroxylation is 2. The number of hydrogen-bond acceptors (Lipinski definition) is 4. The largest absolute Gasteiger partial charge is 0.451 e. The van der Waals surface area contributed by atoms with E-state index in [9.17, 15) is 4.79 Å². The monoisotopic (exact) mass is 408 g/mol. The zero-order chi connectivity index (χ0) is 21.4. The second kappa shape index (κ2) is 7.61. The molecule has 152 valence electrons. The van der Waals surface area contributed by atoms with Gasteiger partial charge in [0.15, 0.2) is 11.3 Å². The van der Waals surface area contributed by atoms with Gasteiger partial charge in [-0.2, -0.15) is 0 Å². The number of carbonyl (C=O) groups excluding carboxylic acids is 1. The Morgan fingerprint density at radius 3 is 2.35 bits per heavy atom. The van der Waals surface area contributed by atoms with Crippen molar-refractivity contribution in [3.05, 3.63) is 95.7 Å². The van der Waals surface area contributed by atoms with E-state index in [1.807, 2.05) is 66.7 Å². The lowest BCUT2D eigenvalue weighted by Gasteiger charge is -2.05. The summed E-state index contributed by atoms with van der Waals surface area (Å²) in [4.78, 5) is 17.1. The number of nitrogens with one attached hydrogen (secondary N) is 1. The van der Waals surface area contributed by atoms with Gasteiger partial charge in [-0.1, -0.05) is 24.3 Å². The van der Waals surface area contributed by atoms with Crippen LogP contribution < -0.4 is 5.32 Å². The number of oxazole rings is 1. The van der Waals surface area contributed by atoms with Gasteiger partial charge in [-0.05, 0) is 79.6 Å². The van der Waals surface area contributed by atoms with Crippen molar-refractivity contribution in [2.75, 3.05) is 5.32 Å². The summed E-state index contributed by atoms with van der Waals surface area (Å²) in [5.41, 5.74) is 6.40. The number of amides is 1. The number of benzene rings is 3. The third-order valence-electron chi connectivity index (χ3n) is 5.30. The number of carbonyl (C=O) groups is 1. The van der Waals surface area contributed by atoms with Crippen molar-refractivity contribution in [2.45, 2.75) is 13.8 Å². The van der Waals surface area contributed by atoms with Gasteiger partial charge in [-0.15, -0.1) is 0 Å². The summed E-state index contributed by atoms with van der Waals surface area (Å²) in [5, 5.41) is 2.87. The molecule has 0 fully saturated rings. The number of rotatable bonds is 4. The Bertz CT molecular complexity index is 1360. The summed E-state index contributed by atoms with van der Waals surface area (Å²) in [6.45, 7) is 4.12. The normalized spacial score (nSPS) is 11.0. The fourth-order valence-corrected chi connectivity index (χ4v) is 3.39. The lowest BCUT2D eigenvalue weighted by atomic mass is 10.1. The van der Waals surface area contributed by atoms with Crippen LogP contribution in [0.5, 0.6) is 0 Å². The van der Waals surface area contributed by atoms with Crippen LogP contribution >= 0.6 is 0 Å². The molecule has 1 N–H and O–H groups in total. The number of nitrogens with zero attached hydrogens (tertiary/aromatic N) is 1. The topological polar surface area (TPSA) is 68.3 Å². The third kappa shape index (κ3) is 3.73. The highest BCUT2D eigenvalue weighted by molar-refractivity contribution is 6.02. The van der Waals surface area contributed by atoms with Crippen LogP contribution in [0.2, 0.25) is 0 Å². The second-order valence-electron chi connectivity index (χ2n) is 7.48. The van der Waals surface area contributed by atoms with Gasteiger partial charge >= 0.3 is 0 Å². The van der Waals surface area contributed by atoms with Gasteiger partial charge in [-0.3, -0.25) is 4.79 Å². The number of fused-ring (bicyclic) bond motifs is 1. The van der Waals surface area contributed by atoms with E-state index in [0.29, 0.717) is 17.3 Å². The molecule has 5 aromatic rings. The number of hydrogen-bond donors (Lipinski definition) is 1. The van der Waals surface area contributed by atoms with E-state index in [4.69, 9.17) is 8.83 Å². The van der Waals surface area contributed by atoms with Crippen LogP contribution in [-0.2, 0) is 0 Å². The molecular formula is C26H20N2O3. The average Bonchev–Trinajstić information content (AvgIpc) is 3.44. The van der Waals surface area contributed by atoms with Crippen LogP contribution in [0.15, 0.2) is 87.7 Å². The van der Waals surface area contributed by atoms with Crippen molar-refractivity contribution in [1.29, 1.82) is 0 Å². The molecule has 0 spiro atoms. The maximum atomic E-state index is 12.6. The van der Waals surface area contributed by atoms with Crippen LogP contribution in [0.3, 0.4) is 0 Å². The quantitative estimate of drug-likeness (QED) is 0.363. The Hall–Kier alpha value is -4.12. The molecule has 31 heavy (non-hydrogen) atoms. The molecule has 5 nitrogen and oxygen atoms in total. The molecule has 5 heteroatoms. The zero-order valence-corrected chi connectivity index (χ0v) is 17.2. The lowest BCUT2D eigenvalue weighted by molar-refractivity contribution is 0.0997. The summed E-state index contributed by atoms with van der Waals surface area (Å²) in [5.74, 6) is 1.17. The molecule has 2 aromatic heterocycles. The standard InChI is InChI=1S/C26H20N2O3/c1-16-7-8-19(15-17(16)2)22-13-14-24(30-22)25(29)27-20-11-9-18(10-12-20)26-28-21-5-3-4-6-23(21)31-26/h3-15H,1-2H3,(H,27,29). The fourth-order valence-electron chi connectivity index (χ4n) is 3.39.